The number of fused-ring (bicyclic) bond motifs is 7. The van der Waals surface area contributed by atoms with Crippen molar-refractivity contribution in [2.45, 2.75) is 6.17 Å². The number of rotatable bonds is 9. The second kappa shape index (κ2) is 18.1. The minimum Gasteiger partial charge on any atom is -0.344 e. The Morgan fingerprint density at radius 3 is 1.38 bits per heavy atom. The molecule has 1 aliphatic rings. The lowest BCUT2D eigenvalue weighted by molar-refractivity contribution is 0.674. The van der Waals surface area contributed by atoms with Crippen LogP contribution in [0.2, 0.25) is 0 Å². The van der Waals surface area contributed by atoms with Gasteiger partial charge < -0.3 is 14.5 Å². The molecule has 0 bridgehead atoms. The second-order valence-electron chi connectivity index (χ2n) is 18.9. The van der Waals surface area contributed by atoms with Gasteiger partial charge in [-0.25, -0.2) is 9.98 Å². The molecule has 0 saturated heterocycles. The third-order valence-corrected chi connectivity index (χ3v) is 14.6. The third-order valence-electron chi connectivity index (χ3n) is 14.6. The summed E-state index contributed by atoms with van der Waals surface area (Å²) in [6.07, 6.45) is -0.364. The second-order valence-corrected chi connectivity index (χ2v) is 18.9. The van der Waals surface area contributed by atoms with Crippen molar-refractivity contribution < 1.29 is 0 Å². The summed E-state index contributed by atoms with van der Waals surface area (Å²) in [6, 6.07) is 98.1. The van der Waals surface area contributed by atoms with E-state index < -0.39 is 0 Å². The fourth-order valence-corrected chi connectivity index (χ4v) is 11.1. The third kappa shape index (κ3) is 7.41. The van der Waals surface area contributed by atoms with E-state index in [1.54, 1.807) is 0 Å². The van der Waals surface area contributed by atoms with E-state index in [1.807, 2.05) is 12.1 Å². The fraction of sp³-hybridized carbons (Fsp3) is 0.0145. The highest BCUT2D eigenvalue weighted by atomic mass is 15.2. The van der Waals surface area contributed by atoms with Crippen LogP contribution in [-0.2, 0) is 0 Å². The summed E-state index contributed by atoms with van der Waals surface area (Å²) in [7, 11) is 0. The van der Waals surface area contributed by atoms with Crippen molar-refractivity contribution in [1.29, 1.82) is 0 Å². The van der Waals surface area contributed by atoms with Crippen LogP contribution in [0, 0.1) is 0 Å². The molecule has 348 valence electrons. The number of aliphatic imine (C=N–C) groups is 2. The van der Waals surface area contributed by atoms with Crippen molar-refractivity contribution in [3.05, 3.63) is 290 Å². The molecule has 11 aromatic carbocycles. The maximum Gasteiger partial charge on any atom is 0.159 e. The summed E-state index contributed by atoms with van der Waals surface area (Å²) < 4.78 is 4.99. The van der Waals surface area contributed by atoms with Crippen molar-refractivity contribution in [2.24, 2.45) is 9.98 Å². The molecule has 1 N–H and O–H groups in total. The Balaban J connectivity index is 1.09. The smallest absolute Gasteiger partial charge is 0.159 e. The molecule has 5 heteroatoms. The highest BCUT2D eigenvalue weighted by Crippen LogP contribution is 2.46. The Morgan fingerprint density at radius 1 is 0.338 bits per heavy atom. The molecular formula is C69H47N5. The predicted octanol–water partition coefficient (Wildman–Crippen LogP) is 17.0. The Morgan fingerprint density at radius 2 is 0.797 bits per heavy atom. The maximum absolute atomic E-state index is 5.41. The number of aromatic nitrogens is 2. The molecule has 74 heavy (non-hydrogen) atoms. The van der Waals surface area contributed by atoms with Gasteiger partial charge in [0.15, 0.2) is 5.84 Å². The Kier molecular flexibility index (Phi) is 10.5. The van der Waals surface area contributed by atoms with Crippen molar-refractivity contribution in [3.63, 3.8) is 0 Å². The summed E-state index contributed by atoms with van der Waals surface area (Å²) in [4.78, 5) is 10.7. The molecule has 1 unspecified atom stereocenters. The number of hydrogen-bond donors (Lipinski definition) is 1. The SMILES string of the molecule is c1ccc(C2=NC(c3ccccc3)NC(c3cc(-c4ccc(-c5ccccc5)cc4)c(-n4c5ccccc5c5c4ccc4c6ccccc6n(-c6ccccc6)c45)c(-c4ccc(-c5ccccc5)cc4)c3)=N2)cc1. The van der Waals surface area contributed by atoms with Crippen LogP contribution in [-0.4, -0.2) is 20.8 Å². The molecule has 1 atom stereocenters. The average Bonchev–Trinajstić information content (AvgIpc) is 4.01. The van der Waals surface area contributed by atoms with Gasteiger partial charge in [-0.05, 0) is 81.4 Å². The van der Waals surface area contributed by atoms with Gasteiger partial charge in [-0.3, -0.25) is 0 Å². The van der Waals surface area contributed by atoms with Crippen LogP contribution in [0.5, 0.6) is 0 Å². The zero-order valence-electron chi connectivity index (χ0n) is 40.3. The Hall–Kier alpha value is -9.84. The van der Waals surface area contributed by atoms with E-state index in [0.29, 0.717) is 5.84 Å². The standard InChI is InChI=1S/C69H47N5/c1-6-20-46(21-7-1)48-34-38-50(39-35-48)59-44-54(69-71-67(52-24-10-3-11-25-52)70-68(72-69)53-26-12-4-13-27-53)45-60(51-40-36-49(37-41-51)47-22-8-2-9-23-47)65(59)74-62-33-19-17-31-58(62)64-63(74)43-42-57-56-30-16-18-32-61(56)73(66(57)64)55-28-14-5-15-29-55/h1-45,67H,(H,70,71,72). The number of amidine groups is 2. The molecule has 3 heterocycles. The van der Waals surface area contributed by atoms with Crippen molar-refractivity contribution in [3.8, 4) is 55.9 Å². The molecule has 0 aliphatic carbocycles. The molecule has 0 spiro atoms. The van der Waals surface area contributed by atoms with Crippen LogP contribution in [0.1, 0.15) is 22.9 Å². The lowest BCUT2D eigenvalue weighted by atomic mass is 9.90. The normalized spacial score (nSPS) is 13.5. The minimum atomic E-state index is -0.364. The molecule has 0 radical (unpaired) electrons. The first kappa shape index (κ1) is 43.0. The van der Waals surface area contributed by atoms with Gasteiger partial charge in [0.25, 0.3) is 0 Å². The summed E-state index contributed by atoms with van der Waals surface area (Å²) >= 11 is 0. The molecule has 2 aromatic heterocycles. The highest BCUT2D eigenvalue weighted by molar-refractivity contribution is 6.26. The van der Waals surface area contributed by atoms with E-state index in [9.17, 15) is 0 Å². The highest BCUT2D eigenvalue weighted by Gasteiger charge is 2.27. The summed E-state index contributed by atoms with van der Waals surface area (Å²) in [5, 5.41) is 8.65. The summed E-state index contributed by atoms with van der Waals surface area (Å²) in [5.74, 6) is 1.43. The van der Waals surface area contributed by atoms with E-state index in [-0.39, 0.29) is 6.17 Å². The van der Waals surface area contributed by atoms with E-state index in [2.05, 4.69) is 275 Å². The van der Waals surface area contributed by atoms with Gasteiger partial charge in [0.05, 0.1) is 27.8 Å². The van der Waals surface area contributed by atoms with Crippen molar-refractivity contribution in [2.75, 3.05) is 0 Å². The van der Waals surface area contributed by atoms with E-state index in [4.69, 9.17) is 9.98 Å². The molecule has 14 rings (SSSR count). The van der Waals surface area contributed by atoms with E-state index in [0.717, 1.165) is 78.3 Å². The van der Waals surface area contributed by atoms with Gasteiger partial charge in [0, 0.05) is 49.5 Å². The van der Waals surface area contributed by atoms with Crippen LogP contribution >= 0.6 is 0 Å². The van der Waals surface area contributed by atoms with Gasteiger partial charge >= 0.3 is 0 Å². The van der Waals surface area contributed by atoms with E-state index in [1.165, 1.54) is 43.7 Å². The number of hydrogen-bond acceptors (Lipinski definition) is 3. The molecule has 5 nitrogen and oxygen atoms in total. The first-order valence-corrected chi connectivity index (χ1v) is 25.3. The summed E-state index contributed by atoms with van der Waals surface area (Å²) in [5.41, 5.74) is 18.7. The largest absolute Gasteiger partial charge is 0.344 e. The number of benzene rings is 11. The molecular weight excluding hydrogens is 899 g/mol. The molecule has 0 fully saturated rings. The Labute approximate surface area is 429 Å². The maximum atomic E-state index is 5.41. The molecule has 13 aromatic rings. The van der Waals surface area contributed by atoms with Crippen LogP contribution in [0.15, 0.2) is 283 Å². The van der Waals surface area contributed by atoms with Crippen molar-refractivity contribution >= 4 is 55.3 Å². The zero-order chi connectivity index (χ0) is 49.0. The van der Waals surface area contributed by atoms with Crippen LogP contribution < -0.4 is 5.32 Å². The number of nitrogens with one attached hydrogen (secondary N) is 1. The molecule has 0 amide bonds. The predicted molar refractivity (Wildman–Crippen MR) is 309 cm³/mol. The number of para-hydroxylation sites is 3. The fourth-order valence-electron chi connectivity index (χ4n) is 11.1. The van der Waals surface area contributed by atoms with Gasteiger partial charge in [-0.15, -0.1) is 0 Å². The van der Waals surface area contributed by atoms with Crippen LogP contribution in [0.25, 0.3) is 99.5 Å². The monoisotopic (exact) mass is 945 g/mol. The number of nitrogens with zero attached hydrogens (tertiary/aromatic N) is 4. The first-order valence-electron chi connectivity index (χ1n) is 25.3. The van der Waals surface area contributed by atoms with Gasteiger partial charge in [-0.2, -0.15) is 0 Å². The quantitative estimate of drug-likeness (QED) is 0.154. The zero-order valence-corrected chi connectivity index (χ0v) is 40.3. The topological polar surface area (TPSA) is 46.6 Å². The minimum absolute atomic E-state index is 0.364. The molecule has 0 saturated carbocycles. The first-order chi connectivity index (χ1) is 36.7. The van der Waals surface area contributed by atoms with Gasteiger partial charge in [-0.1, -0.05) is 231 Å². The lowest BCUT2D eigenvalue weighted by Gasteiger charge is -2.26. The van der Waals surface area contributed by atoms with Crippen LogP contribution in [0.4, 0.5) is 0 Å². The molecule has 1 aliphatic heterocycles. The van der Waals surface area contributed by atoms with Gasteiger partial charge in [0.1, 0.15) is 12.0 Å². The average molecular weight is 946 g/mol. The summed E-state index contributed by atoms with van der Waals surface area (Å²) in [6.45, 7) is 0. The lowest BCUT2D eigenvalue weighted by Crippen LogP contribution is -2.33. The van der Waals surface area contributed by atoms with E-state index >= 15 is 0 Å². The van der Waals surface area contributed by atoms with Crippen molar-refractivity contribution in [1.82, 2.24) is 14.5 Å². The van der Waals surface area contributed by atoms with Crippen LogP contribution in [0.3, 0.4) is 0 Å². The Bertz CT molecular complexity index is 4170. The van der Waals surface area contributed by atoms with Gasteiger partial charge in [0.2, 0.25) is 0 Å².